The number of hydrogen-bond donors (Lipinski definition) is 1. The first-order chi connectivity index (χ1) is 9.12. The third-order valence-electron chi connectivity index (χ3n) is 4.10. The highest BCUT2D eigenvalue weighted by Gasteiger charge is 2.26. The summed E-state index contributed by atoms with van der Waals surface area (Å²) < 4.78 is 14.2. The molecule has 106 valence electrons. The third-order valence-corrected chi connectivity index (χ3v) is 4.56. The molecule has 0 spiro atoms. The van der Waals surface area contributed by atoms with Gasteiger partial charge in [0.1, 0.15) is 5.82 Å². The standard InChI is InChI=1S/C15H22BrFN2/c1-2-11-3-4-19(15(7-11)9-18)10-12-5-13(16)8-14(17)6-12/h5-6,8,11,15H,2-4,7,9-10,18H2,1H3. The molecule has 19 heavy (non-hydrogen) atoms. The van der Waals surface area contributed by atoms with Crippen LogP contribution in [0.4, 0.5) is 4.39 Å². The fourth-order valence-corrected chi connectivity index (χ4v) is 3.46. The number of halogens is 2. The summed E-state index contributed by atoms with van der Waals surface area (Å²) in [5.41, 5.74) is 6.91. The molecule has 4 heteroatoms. The molecule has 1 aliphatic heterocycles. The molecule has 0 radical (unpaired) electrons. The molecule has 0 aliphatic carbocycles. The van der Waals surface area contributed by atoms with Crippen molar-refractivity contribution in [3.8, 4) is 0 Å². The van der Waals surface area contributed by atoms with Gasteiger partial charge >= 0.3 is 0 Å². The van der Waals surface area contributed by atoms with E-state index < -0.39 is 0 Å². The van der Waals surface area contributed by atoms with Gasteiger partial charge < -0.3 is 5.73 Å². The van der Waals surface area contributed by atoms with Gasteiger partial charge in [0.25, 0.3) is 0 Å². The molecule has 1 aromatic carbocycles. The highest BCUT2D eigenvalue weighted by molar-refractivity contribution is 9.10. The van der Waals surface area contributed by atoms with Crippen LogP contribution in [0.1, 0.15) is 31.7 Å². The van der Waals surface area contributed by atoms with Crippen LogP contribution in [0.15, 0.2) is 22.7 Å². The van der Waals surface area contributed by atoms with E-state index in [1.807, 2.05) is 6.07 Å². The monoisotopic (exact) mass is 328 g/mol. The second kappa shape index (κ2) is 6.82. The first kappa shape index (κ1) is 14.9. The lowest BCUT2D eigenvalue weighted by Gasteiger charge is -2.39. The summed E-state index contributed by atoms with van der Waals surface area (Å²) in [5, 5.41) is 0. The molecule has 0 aromatic heterocycles. The van der Waals surface area contributed by atoms with Crippen LogP contribution in [0.25, 0.3) is 0 Å². The highest BCUT2D eigenvalue weighted by atomic mass is 79.9. The summed E-state index contributed by atoms with van der Waals surface area (Å²) in [6, 6.07) is 5.53. The van der Waals surface area contributed by atoms with E-state index in [0.29, 0.717) is 12.6 Å². The molecule has 1 fully saturated rings. The predicted molar refractivity (Wildman–Crippen MR) is 80.4 cm³/mol. The molecule has 2 unspecified atom stereocenters. The summed E-state index contributed by atoms with van der Waals surface area (Å²) >= 11 is 3.35. The van der Waals surface area contributed by atoms with Crippen molar-refractivity contribution in [2.45, 2.75) is 38.8 Å². The highest BCUT2D eigenvalue weighted by Crippen LogP contribution is 2.27. The molecule has 0 bridgehead atoms. The van der Waals surface area contributed by atoms with E-state index in [4.69, 9.17) is 5.73 Å². The maximum absolute atomic E-state index is 13.4. The SMILES string of the molecule is CCC1CCN(Cc2cc(F)cc(Br)c2)C(CN)C1. The summed E-state index contributed by atoms with van der Waals surface area (Å²) in [4.78, 5) is 2.40. The van der Waals surface area contributed by atoms with E-state index in [-0.39, 0.29) is 5.82 Å². The number of benzene rings is 1. The maximum atomic E-state index is 13.4. The van der Waals surface area contributed by atoms with Crippen molar-refractivity contribution in [3.05, 3.63) is 34.1 Å². The predicted octanol–water partition coefficient (Wildman–Crippen LogP) is 3.54. The van der Waals surface area contributed by atoms with Crippen molar-refractivity contribution in [2.24, 2.45) is 11.7 Å². The Morgan fingerprint density at radius 3 is 2.84 bits per heavy atom. The minimum Gasteiger partial charge on any atom is -0.329 e. The lowest BCUT2D eigenvalue weighted by molar-refractivity contribution is 0.107. The molecule has 2 atom stereocenters. The van der Waals surface area contributed by atoms with Gasteiger partial charge in [-0.25, -0.2) is 4.39 Å². The quantitative estimate of drug-likeness (QED) is 0.915. The number of nitrogens with zero attached hydrogens (tertiary/aromatic N) is 1. The topological polar surface area (TPSA) is 29.3 Å². The van der Waals surface area contributed by atoms with Crippen molar-refractivity contribution in [1.82, 2.24) is 4.90 Å². The summed E-state index contributed by atoms with van der Waals surface area (Å²) in [6.45, 7) is 4.79. The fraction of sp³-hybridized carbons (Fsp3) is 0.600. The van der Waals surface area contributed by atoms with Crippen LogP contribution >= 0.6 is 15.9 Å². The van der Waals surface area contributed by atoms with Crippen LogP contribution in [0.3, 0.4) is 0 Å². The average Bonchev–Trinajstić information content (AvgIpc) is 2.38. The fourth-order valence-electron chi connectivity index (χ4n) is 2.94. The maximum Gasteiger partial charge on any atom is 0.124 e. The Morgan fingerprint density at radius 2 is 2.21 bits per heavy atom. The van der Waals surface area contributed by atoms with Gasteiger partial charge in [0.15, 0.2) is 0 Å². The van der Waals surface area contributed by atoms with E-state index in [9.17, 15) is 4.39 Å². The van der Waals surface area contributed by atoms with E-state index in [1.165, 1.54) is 25.3 Å². The van der Waals surface area contributed by atoms with Crippen molar-refractivity contribution < 1.29 is 4.39 Å². The van der Waals surface area contributed by atoms with E-state index in [1.54, 1.807) is 6.07 Å². The average molecular weight is 329 g/mol. The van der Waals surface area contributed by atoms with Gasteiger partial charge in [0.2, 0.25) is 0 Å². The zero-order valence-electron chi connectivity index (χ0n) is 11.4. The number of nitrogens with two attached hydrogens (primary N) is 1. The van der Waals surface area contributed by atoms with Gasteiger partial charge in [-0.3, -0.25) is 4.90 Å². The Morgan fingerprint density at radius 1 is 1.42 bits per heavy atom. The molecule has 2 rings (SSSR count). The van der Waals surface area contributed by atoms with Crippen LogP contribution in [-0.2, 0) is 6.54 Å². The Labute approximate surface area is 123 Å². The Kier molecular flexibility index (Phi) is 5.37. The molecule has 0 amide bonds. The zero-order chi connectivity index (χ0) is 13.8. The minimum absolute atomic E-state index is 0.183. The van der Waals surface area contributed by atoms with Crippen LogP contribution < -0.4 is 5.73 Å². The molecular weight excluding hydrogens is 307 g/mol. The van der Waals surface area contributed by atoms with Crippen molar-refractivity contribution >= 4 is 15.9 Å². The van der Waals surface area contributed by atoms with Crippen LogP contribution in [0.2, 0.25) is 0 Å². The van der Waals surface area contributed by atoms with Crippen molar-refractivity contribution in [3.63, 3.8) is 0 Å². The second-order valence-corrected chi connectivity index (χ2v) is 6.35. The lowest BCUT2D eigenvalue weighted by Crippen LogP contribution is -2.46. The molecule has 1 heterocycles. The number of piperidine rings is 1. The molecule has 2 N–H and O–H groups in total. The van der Waals surface area contributed by atoms with Gasteiger partial charge in [-0.2, -0.15) is 0 Å². The molecule has 1 aliphatic rings. The summed E-state index contributed by atoms with van der Waals surface area (Å²) in [6.07, 6.45) is 3.63. The molecule has 0 saturated carbocycles. The largest absolute Gasteiger partial charge is 0.329 e. The van der Waals surface area contributed by atoms with Gasteiger partial charge in [0.05, 0.1) is 0 Å². The Hall–Kier alpha value is -0.450. The Bertz CT molecular complexity index is 404. The Balaban J connectivity index is 2.05. The van der Waals surface area contributed by atoms with Gasteiger partial charge in [-0.05, 0) is 49.1 Å². The van der Waals surface area contributed by atoms with Crippen LogP contribution in [-0.4, -0.2) is 24.0 Å². The van der Waals surface area contributed by atoms with Gasteiger partial charge in [-0.1, -0.05) is 29.3 Å². The van der Waals surface area contributed by atoms with Gasteiger partial charge in [-0.15, -0.1) is 0 Å². The second-order valence-electron chi connectivity index (χ2n) is 5.44. The molecular formula is C15H22BrFN2. The normalized spacial score (nSPS) is 24.6. The first-order valence-corrected chi connectivity index (χ1v) is 7.80. The van der Waals surface area contributed by atoms with Crippen LogP contribution in [0.5, 0.6) is 0 Å². The smallest absolute Gasteiger partial charge is 0.124 e. The van der Waals surface area contributed by atoms with E-state index in [2.05, 4.69) is 27.8 Å². The number of rotatable bonds is 4. The third kappa shape index (κ3) is 4.01. The van der Waals surface area contributed by atoms with Crippen molar-refractivity contribution in [1.29, 1.82) is 0 Å². The van der Waals surface area contributed by atoms with E-state index in [0.717, 1.165) is 29.0 Å². The van der Waals surface area contributed by atoms with Gasteiger partial charge in [0, 0.05) is 23.6 Å². The van der Waals surface area contributed by atoms with E-state index >= 15 is 0 Å². The number of hydrogen-bond acceptors (Lipinski definition) is 2. The van der Waals surface area contributed by atoms with Crippen molar-refractivity contribution in [2.75, 3.05) is 13.1 Å². The first-order valence-electron chi connectivity index (χ1n) is 7.01. The van der Waals surface area contributed by atoms with Crippen LogP contribution in [0, 0.1) is 11.7 Å². The number of likely N-dealkylation sites (tertiary alicyclic amines) is 1. The molecule has 1 saturated heterocycles. The zero-order valence-corrected chi connectivity index (χ0v) is 13.0. The summed E-state index contributed by atoms with van der Waals surface area (Å²) in [5.74, 6) is 0.612. The minimum atomic E-state index is -0.183. The molecule has 2 nitrogen and oxygen atoms in total. The molecule has 1 aromatic rings. The summed E-state index contributed by atoms with van der Waals surface area (Å²) in [7, 11) is 0. The lowest BCUT2D eigenvalue weighted by atomic mass is 9.88.